The van der Waals surface area contributed by atoms with Crippen molar-refractivity contribution in [3.05, 3.63) is 59.2 Å². The van der Waals surface area contributed by atoms with E-state index in [9.17, 15) is 0 Å². The summed E-state index contributed by atoms with van der Waals surface area (Å²) >= 11 is 0. The Hall–Kier alpha value is -2.59. The van der Waals surface area contributed by atoms with E-state index in [-0.39, 0.29) is 6.04 Å². The third-order valence-electron chi connectivity index (χ3n) is 5.03. The van der Waals surface area contributed by atoms with Gasteiger partial charge in [-0.05, 0) is 35.4 Å². The lowest BCUT2D eigenvalue weighted by atomic mass is 10.0. The topological polar surface area (TPSA) is 66.8 Å². The maximum Gasteiger partial charge on any atom is 0.161 e. The molecule has 6 heteroatoms. The number of benzene rings is 2. The Morgan fingerprint density at radius 1 is 1.07 bits per heavy atom. The van der Waals surface area contributed by atoms with Gasteiger partial charge in [0, 0.05) is 32.2 Å². The van der Waals surface area contributed by atoms with E-state index in [1.54, 1.807) is 14.2 Å². The van der Waals surface area contributed by atoms with Gasteiger partial charge in [-0.3, -0.25) is 4.90 Å². The van der Waals surface area contributed by atoms with E-state index in [1.165, 1.54) is 5.56 Å². The van der Waals surface area contributed by atoms with Crippen molar-refractivity contribution in [3.63, 3.8) is 0 Å². The summed E-state index contributed by atoms with van der Waals surface area (Å²) in [5.74, 6) is 1.47. The minimum atomic E-state index is 0.210. The molecule has 0 aliphatic carbocycles. The van der Waals surface area contributed by atoms with Crippen LogP contribution in [0.1, 0.15) is 22.7 Å². The average Bonchev–Trinajstić information content (AvgIpc) is 2.77. The van der Waals surface area contributed by atoms with E-state index in [1.807, 2.05) is 30.3 Å². The van der Waals surface area contributed by atoms with E-state index >= 15 is 0 Å². The molecule has 2 aromatic rings. The van der Waals surface area contributed by atoms with Gasteiger partial charge in [-0.25, -0.2) is 0 Å². The number of methoxy groups -OCH3 is 2. The molecule has 1 heterocycles. The largest absolute Gasteiger partial charge is 0.493 e. The van der Waals surface area contributed by atoms with Crippen LogP contribution in [0.4, 0.5) is 0 Å². The Labute approximate surface area is 166 Å². The quantitative estimate of drug-likeness (QED) is 0.758. The molecule has 1 atom stereocenters. The second-order valence-electron chi connectivity index (χ2n) is 6.72. The molecule has 0 radical (unpaired) electrons. The minimum absolute atomic E-state index is 0.210. The zero-order chi connectivity index (χ0) is 19.8. The summed E-state index contributed by atoms with van der Waals surface area (Å²) in [6.07, 6.45) is 0. The van der Waals surface area contributed by atoms with Crippen LogP contribution in [0.25, 0.3) is 0 Å². The number of nitrogens with zero attached hydrogens (tertiary/aromatic N) is 2. The molecular weight excluding hydrogens is 354 g/mol. The van der Waals surface area contributed by atoms with Gasteiger partial charge >= 0.3 is 0 Å². The second kappa shape index (κ2) is 10.1. The number of hydrogen-bond acceptors (Lipinski definition) is 6. The van der Waals surface area contributed by atoms with Crippen LogP contribution in [0.2, 0.25) is 0 Å². The Kier molecular flexibility index (Phi) is 7.26. The van der Waals surface area contributed by atoms with Crippen molar-refractivity contribution in [1.82, 2.24) is 10.2 Å². The fourth-order valence-electron chi connectivity index (χ4n) is 3.46. The summed E-state index contributed by atoms with van der Waals surface area (Å²) in [7, 11) is 3.31. The predicted molar refractivity (Wildman–Crippen MR) is 108 cm³/mol. The summed E-state index contributed by atoms with van der Waals surface area (Å²) < 4.78 is 16.4. The molecule has 3 rings (SSSR count). The number of rotatable bonds is 8. The summed E-state index contributed by atoms with van der Waals surface area (Å²) in [5.41, 5.74) is 3.03. The molecule has 1 aliphatic rings. The molecule has 0 saturated carbocycles. The van der Waals surface area contributed by atoms with E-state index in [4.69, 9.17) is 19.5 Å². The third kappa shape index (κ3) is 5.02. The lowest BCUT2D eigenvalue weighted by molar-refractivity contribution is 0.0160. The van der Waals surface area contributed by atoms with Crippen LogP contribution >= 0.6 is 0 Å². The number of ether oxygens (including phenoxy) is 3. The first-order valence-corrected chi connectivity index (χ1v) is 9.48. The van der Waals surface area contributed by atoms with Gasteiger partial charge in [0.25, 0.3) is 0 Å². The molecule has 0 amide bonds. The fourth-order valence-corrected chi connectivity index (χ4v) is 3.46. The normalized spacial score (nSPS) is 15.6. The maximum absolute atomic E-state index is 8.93. The molecular formula is C22H27N3O3. The Morgan fingerprint density at radius 2 is 1.79 bits per heavy atom. The molecule has 1 fully saturated rings. The minimum Gasteiger partial charge on any atom is -0.493 e. The fraction of sp³-hybridized carbons (Fsp3) is 0.409. The van der Waals surface area contributed by atoms with Gasteiger partial charge in [0.15, 0.2) is 11.5 Å². The first-order valence-electron chi connectivity index (χ1n) is 9.48. The predicted octanol–water partition coefficient (Wildman–Crippen LogP) is 2.74. The molecule has 2 aromatic carbocycles. The lowest BCUT2D eigenvalue weighted by Crippen LogP contribution is -2.42. The summed E-state index contributed by atoms with van der Waals surface area (Å²) in [4.78, 5) is 2.44. The zero-order valence-electron chi connectivity index (χ0n) is 16.5. The first-order chi connectivity index (χ1) is 13.7. The Balaban J connectivity index is 1.72. The van der Waals surface area contributed by atoms with Gasteiger partial charge in [0.05, 0.1) is 39.1 Å². The van der Waals surface area contributed by atoms with Crippen molar-refractivity contribution >= 4 is 0 Å². The van der Waals surface area contributed by atoms with Gasteiger partial charge in [-0.1, -0.05) is 18.2 Å². The van der Waals surface area contributed by atoms with Crippen LogP contribution in [0.5, 0.6) is 11.5 Å². The second-order valence-corrected chi connectivity index (χ2v) is 6.72. The molecule has 1 unspecified atom stereocenters. The number of morpholine rings is 1. The van der Waals surface area contributed by atoms with Gasteiger partial charge in [0.2, 0.25) is 0 Å². The van der Waals surface area contributed by atoms with Gasteiger partial charge < -0.3 is 19.5 Å². The van der Waals surface area contributed by atoms with Crippen molar-refractivity contribution in [2.75, 3.05) is 47.1 Å². The number of nitriles is 1. The average molecular weight is 381 g/mol. The molecule has 0 spiro atoms. The van der Waals surface area contributed by atoms with Crippen molar-refractivity contribution in [3.8, 4) is 17.6 Å². The van der Waals surface area contributed by atoms with Crippen molar-refractivity contribution < 1.29 is 14.2 Å². The van der Waals surface area contributed by atoms with E-state index < -0.39 is 0 Å². The Morgan fingerprint density at radius 3 is 2.43 bits per heavy atom. The molecule has 1 aliphatic heterocycles. The van der Waals surface area contributed by atoms with Crippen LogP contribution in [0.3, 0.4) is 0 Å². The van der Waals surface area contributed by atoms with Gasteiger partial charge in [-0.15, -0.1) is 0 Å². The highest BCUT2D eigenvalue weighted by molar-refractivity contribution is 5.44. The zero-order valence-corrected chi connectivity index (χ0v) is 16.5. The molecule has 0 bridgehead atoms. The highest BCUT2D eigenvalue weighted by atomic mass is 16.5. The van der Waals surface area contributed by atoms with Crippen LogP contribution < -0.4 is 14.8 Å². The molecule has 1 N–H and O–H groups in total. The third-order valence-corrected chi connectivity index (χ3v) is 5.03. The molecule has 6 nitrogen and oxygen atoms in total. The highest BCUT2D eigenvalue weighted by Gasteiger charge is 2.23. The molecule has 148 valence electrons. The maximum atomic E-state index is 8.93. The molecule has 28 heavy (non-hydrogen) atoms. The van der Waals surface area contributed by atoms with Crippen LogP contribution in [0, 0.1) is 11.3 Å². The lowest BCUT2D eigenvalue weighted by Gasteiger charge is -2.35. The first kappa shape index (κ1) is 20.2. The van der Waals surface area contributed by atoms with Crippen LogP contribution in [0.15, 0.2) is 42.5 Å². The van der Waals surface area contributed by atoms with Crippen molar-refractivity contribution in [1.29, 1.82) is 5.26 Å². The van der Waals surface area contributed by atoms with Gasteiger partial charge in [-0.2, -0.15) is 5.26 Å². The monoisotopic (exact) mass is 381 g/mol. The van der Waals surface area contributed by atoms with Gasteiger partial charge in [0.1, 0.15) is 0 Å². The summed E-state index contributed by atoms with van der Waals surface area (Å²) in [6.45, 7) is 4.85. The van der Waals surface area contributed by atoms with E-state index in [0.717, 1.165) is 56.5 Å². The number of nitrogens with one attached hydrogen (secondary N) is 1. The number of hydrogen-bond donors (Lipinski definition) is 1. The summed E-state index contributed by atoms with van der Waals surface area (Å²) in [6, 6.07) is 16.2. The van der Waals surface area contributed by atoms with Crippen molar-refractivity contribution in [2.45, 2.75) is 12.6 Å². The standard InChI is InChI=1S/C22H27N3O3/c1-26-21-8-7-19(13-22(21)27-2)20(25-9-11-28-12-10-25)16-24-15-18-5-3-17(14-23)4-6-18/h3-8,13,20,24H,9-12,15-16H2,1-2H3. The SMILES string of the molecule is COc1ccc(C(CNCc2ccc(C#N)cc2)N2CCOCC2)cc1OC. The highest BCUT2D eigenvalue weighted by Crippen LogP contribution is 2.32. The molecule has 1 saturated heterocycles. The summed E-state index contributed by atoms with van der Waals surface area (Å²) in [5, 5.41) is 12.5. The van der Waals surface area contributed by atoms with Crippen molar-refractivity contribution in [2.24, 2.45) is 0 Å². The van der Waals surface area contributed by atoms with Crippen LogP contribution in [-0.2, 0) is 11.3 Å². The molecule has 0 aromatic heterocycles. The Bertz CT molecular complexity index is 796. The van der Waals surface area contributed by atoms with E-state index in [2.05, 4.69) is 28.4 Å². The smallest absolute Gasteiger partial charge is 0.161 e. The van der Waals surface area contributed by atoms with E-state index in [0.29, 0.717) is 5.56 Å². The van der Waals surface area contributed by atoms with Crippen LogP contribution in [-0.4, -0.2) is 52.0 Å².